The van der Waals surface area contributed by atoms with Crippen LogP contribution in [0.25, 0.3) is 32.8 Å². The fraction of sp³-hybridized carbons (Fsp3) is 0.286. The van der Waals surface area contributed by atoms with Gasteiger partial charge in [-0.1, -0.05) is 30.3 Å². The van der Waals surface area contributed by atoms with Crippen molar-refractivity contribution in [2.45, 2.75) is 38.9 Å². The number of benzene rings is 2. The van der Waals surface area contributed by atoms with E-state index in [1.807, 2.05) is 32.0 Å². The summed E-state index contributed by atoms with van der Waals surface area (Å²) < 4.78 is 12.0. The molecule has 0 amide bonds. The summed E-state index contributed by atoms with van der Waals surface area (Å²) in [4.78, 5) is 4.39. The number of pyridine rings is 1. The van der Waals surface area contributed by atoms with Crippen LogP contribution in [0.1, 0.15) is 27.7 Å². The molecule has 1 radical (unpaired) electrons. The summed E-state index contributed by atoms with van der Waals surface area (Å²) in [6, 6.07) is 14.2. The van der Waals surface area contributed by atoms with E-state index in [4.69, 9.17) is 9.07 Å². The highest BCUT2D eigenvalue weighted by Crippen LogP contribution is 2.32. The Morgan fingerprint density at radius 2 is 1.77 bits per heavy atom. The van der Waals surface area contributed by atoms with Crippen LogP contribution in [0.15, 0.2) is 53.1 Å². The molecule has 2 heterocycles. The van der Waals surface area contributed by atoms with Crippen LogP contribution < -0.4 is 5.46 Å². The van der Waals surface area contributed by atoms with Crippen molar-refractivity contribution in [3.63, 3.8) is 0 Å². The fourth-order valence-electron chi connectivity index (χ4n) is 2.90. The van der Waals surface area contributed by atoms with E-state index in [1.165, 1.54) is 0 Å². The first-order chi connectivity index (χ1) is 12.3. The second-order valence-corrected chi connectivity index (χ2v) is 7.65. The van der Waals surface area contributed by atoms with Crippen LogP contribution in [0.3, 0.4) is 0 Å². The van der Waals surface area contributed by atoms with E-state index in [0.29, 0.717) is 5.71 Å². The van der Waals surface area contributed by atoms with Gasteiger partial charge in [-0.15, -0.1) is 0 Å². The fourth-order valence-corrected chi connectivity index (χ4v) is 2.90. The molecule has 0 saturated carbocycles. The molecular weight excluding hydrogens is 325 g/mol. The van der Waals surface area contributed by atoms with E-state index in [2.05, 4.69) is 29.2 Å². The van der Waals surface area contributed by atoms with E-state index < -0.39 is 11.2 Å². The van der Waals surface area contributed by atoms with Gasteiger partial charge in [0.05, 0.1) is 11.2 Å². The van der Waals surface area contributed by atoms with E-state index in [-0.39, 0.29) is 0 Å². The third kappa shape index (κ3) is 2.68. The molecule has 2 aromatic heterocycles. The van der Waals surface area contributed by atoms with E-state index in [9.17, 15) is 5.11 Å². The minimum Gasteiger partial charge on any atom is -0.437 e. The smallest absolute Gasteiger partial charge is 0.331 e. The topological polar surface area (TPSA) is 55.5 Å². The Kier molecular flexibility index (Phi) is 3.83. The van der Waals surface area contributed by atoms with Crippen LogP contribution in [0.2, 0.25) is 0 Å². The summed E-state index contributed by atoms with van der Waals surface area (Å²) in [5, 5.41) is 14.4. The number of furan rings is 1. The second kappa shape index (κ2) is 5.83. The highest BCUT2D eigenvalue weighted by molar-refractivity contribution is 6.52. The van der Waals surface area contributed by atoms with Crippen molar-refractivity contribution in [2.75, 3.05) is 0 Å². The zero-order valence-corrected chi connectivity index (χ0v) is 15.4. The quantitative estimate of drug-likeness (QED) is 0.569. The highest BCUT2D eigenvalue weighted by atomic mass is 16.5. The number of hydrogen-bond acceptors (Lipinski definition) is 4. The highest BCUT2D eigenvalue weighted by Gasteiger charge is 2.36. The number of aromatic nitrogens is 1. The predicted molar refractivity (Wildman–Crippen MR) is 106 cm³/mol. The molecule has 131 valence electrons. The molecule has 4 aromatic rings. The van der Waals surface area contributed by atoms with Crippen LogP contribution in [0.5, 0.6) is 0 Å². The van der Waals surface area contributed by atoms with Gasteiger partial charge >= 0.3 is 7.48 Å². The van der Waals surface area contributed by atoms with Crippen LogP contribution in [0.4, 0.5) is 0 Å². The Labute approximate surface area is 153 Å². The lowest BCUT2D eigenvalue weighted by atomic mass is 9.81. The van der Waals surface area contributed by atoms with Gasteiger partial charge in [-0.05, 0) is 50.7 Å². The van der Waals surface area contributed by atoms with Gasteiger partial charge in [0.1, 0.15) is 5.58 Å². The minimum absolute atomic E-state index is 0.578. The van der Waals surface area contributed by atoms with Crippen LogP contribution in [0, 0.1) is 0 Å². The molecule has 4 nitrogen and oxygen atoms in total. The molecule has 0 fully saturated rings. The van der Waals surface area contributed by atoms with Gasteiger partial charge in [-0.25, -0.2) is 4.98 Å². The molecule has 1 N–H and O–H groups in total. The third-order valence-electron chi connectivity index (χ3n) is 5.25. The van der Waals surface area contributed by atoms with Crippen molar-refractivity contribution in [3.05, 3.63) is 48.7 Å². The number of hydrogen-bond donors (Lipinski definition) is 1. The Morgan fingerprint density at radius 1 is 1.00 bits per heavy atom. The molecule has 26 heavy (non-hydrogen) atoms. The van der Waals surface area contributed by atoms with E-state index >= 15 is 0 Å². The summed E-state index contributed by atoms with van der Waals surface area (Å²) >= 11 is 0. The van der Waals surface area contributed by atoms with Crippen molar-refractivity contribution in [2.24, 2.45) is 0 Å². The summed E-state index contributed by atoms with van der Waals surface area (Å²) in [5.74, 6) is 0. The van der Waals surface area contributed by atoms with Crippen molar-refractivity contribution < 1.29 is 14.2 Å². The first-order valence-electron chi connectivity index (χ1n) is 8.70. The van der Waals surface area contributed by atoms with Crippen molar-refractivity contribution >= 4 is 45.8 Å². The van der Waals surface area contributed by atoms with Crippen LogP contribution in [-0.4, -0.2) is 28.8 Å². The second-order valence-electron chi connectivity index (χ2n) is 7.65. The summed E-state index contributed by atoms with van der Waals surface area (Å²) in [6.07, 6.45) is 1.71. The van der Waals surface area contributed by atoms with Crippen molar-refractivity contribution in [3.8, 4) is 0 Å². The van der Waals surface area contributed by atoms with Gasteiger partial charge in [-0.3, -0.25) is 0 Å². The maximum atomic E-state index is 10.3. The largest absolute Gasteiger partial charge is 0.437 e. The van der Waals surface area contributed by atoms with Gasteiger partial charge in [0.15, 0.2) is 0 Å². The monoisotopic (exact) mass is 346 g/mol. The lowest BCUT2D eigenvalue weighted by Gasteiger charge is -2.37. The SMILES string of the molecule is CC(C)(O)C(C)(C)O[B]c1ccnc2oc3c4ccccc4ccc3c12. The van der Waals surface area contributed by atoms with Gasteiger partial charge in [0, 0.05) is 22.4 Å². The normalized spacial score (nSPS) is 13.0. The first-order valence-corrected chi connectivity index (χ1v) is 8.70. The molecule has 0 bridgehead atoms. The van der Waals surface area contributed by atoms with Crippen LogP contribution >= 0.6 is 0 Å². The third-order valence-corrected chi connectivity index (χ3v) is 5.25. The Bertz CT molecular complexity index is 1110. The van der Waals surface area contributed by atoms with Gasteiger partial charge in [0.2, 0.25) is 5.71 Å². The first kappa shape index (κ1) is 17.1. The molecule has 0 saturated heterocycles. The molecule has 0 aliphatic rings. The Morgan fingerprint density at radius 3 is 2.54 bits per heavy atom. The lowest BCUT2D eigenvalue weighted by molar-refractivity contribution is -0.0893. The number of fused-ring (bicyclic) bond motifs is 5. The minimum atomic E-state index is -0.982. The molecule has 4 rings (SSSR count). The molecule has 2 aromatic carbocycles. The summed E-state index contributed by atoms with van der Waals surface area (Å²) in [7, 11) is 1.69. The van der Waals surface area contributed by atoms with Gasteiger partial charge in [-0.2, -0.15) is 0 Å². The van der Waals surface area contributed by atoms with Crippen molar-refractivity contribution in [1.82, 2.24) is 4.98 Å². The predicted octanol–water partition coefficient (Wildman–Crippen LogP) is 3.94. The Balaban J connectivity index is 1.85. The zero-order chi connectivity index (χ0) is 18.5. The van der Waals surface area contributed by atoms with Gasteiger partial charge < -0.3 is 14.2 Å². The summed E-state index contributed by atoms with van der Waals surface area (Å²) in [6.45, 7) is 7.20. The van der Waals surface area contributed by atoms with E-state index in [0.717, 1.165) is 32.6 Å². The average Bonchev–Trinajstić information content (AvgIpc) is 2.98. The molecule has 5 heteroatoms. The zero-order valence-electron chi connectivity index (χ0n) is 15.4. The van der Waals surface area contributed by atoms with E-state index in [1.54, 1.807) is 27.5 Å². The molecule has 0 unspecified atom stereocenters. The Hall–Kier alpha value is -2.37. The number of rotatable bonds is 4. The van der Waals surface area contributed by atoms with Crippen molar-refractivity contribution in [1.29, 1.82) is 0 Å². The number of aliphatic hydroxyl groups is 1. The summed E-state index contributed by atoms with van der Waals surface area (Å²) in [5.41, 5.74) is 0.559. The molecular formula is C21H21BNO3. The molecule has 0 aliphatic heterocycles. The molecule has 0 atom stereocenters. The molecule has 0 aliphatic carbocycles. The lowest BCUT2D eigenvalue weighted by Crippen LogP contribution is -2.49. The number of nitrogens with zero attached hydrogens (tertiary/aromatic N) is 1. The maximum Gasteiger partial charge on any atom is 0.331 e. The molecule has 0 spiro atoms. The maximum absolute atomic E-state index is 10.3. The van der Waals surface area contributed by atoms with Crippen LogP contribution in [-0.2, 0) is 4.65 Å². The van der Waals surface area contributed by atoms with Gasteiger partial charge in [0.25, 0.3) is 0 Å². The average molecular weight is 346 g/mol. The standard InChI is InChI=1S/C21H21BNO3/c1-20(2,24)21(3,4)26-22-16-11-12-23-19-17(16)15-10-9-13-7-5-6-8-14(13)18(15)25-19/h5-12,24H,1-4H3.